The van der Waals surface area contributed by atoms with Crippen LogP contribution >= 0.6 is 0 Å². The molecule has 0 aromatic heterocycles. The summed E-state index contributed by atoms with van der Waals surface area (Å²) in [5, 5.41) is 8.58. The summed E-state index contributed by atoms with van der Waals surface area (Å²) in [5.74, 6) is -0.155. The van der Waals surface area contributed by atoms with E-state index in [0.717, 1.165) is 11.1 Å². The molecule has 0 heterocycles. The zero-order valence-electron chi connectivity index (χ0n) is 10.8. The van der Waals surface area contributed by atoms with Gasteiger partial charge in [-0.1, -0.05) is 36.4 Å². The van der Waals surface area contributed by atoms with Gasteiger partial charge in [-0.05, 0) is 35.7 Å². The van der Waals surface area contributed by atoms with Crippen LogP contribution in [0.3, 0.4) is 0 Å². The fourth-order valence-electron chi connectivity index (χ4n) is 1.91. The molecule has 98 valence electrons. The van der Waals surface area contributed by atoms with Crippen LogP contribution in [0.15, 0.2) is 48.5 Å². The Balaban J connectivity index is 2.15. The molecule has 3 heteroatoms. The van der Waals surface area contributed by atoms with Gasteiger partial charge in [0.15, 0.2) is 0 Å². The van der Waals surface area contributed by atoms with Crippen molar-refractivity contribution in [2.24, 2.45) is 0 Å². The lowest BCUT2D eigenvalue weighted by Crippen LogP contribution is -2.04. The summed E-state index contributed by atoms with van der Waals surface area (Å²) in [6.07, 6.45) is 0.00852. The Kier molecular flexibility index (Phi) is 4.18. The summed E-state index contributed by atoms with van der Waals surface area (Å²) in [5.41, 5.74) is 3.43. The molecular weight excluding hydrogens is 240 g/mol. The van der Waals surface area contributed by atoms with E-state index in [1.807, 2.05) is 36.4 Å². The van der Waals surface area contributed by atoms with Crippen molar-refractivity contribution in [3.63, 3.8) is 0 Å². The SMILES string of the molecule is Cc1ccccc1-c1cccc(OCCC(=O)O)c1. The monoisotopic (exact) mass is 256 g/mol. The molecular formula is C16H16O3. The Labute approximate surface area is 112 Å². The molecule has 0 spiro atoms. The van der Waals surface area contributed by atoms with Crippen molar-refractivity contribution in [1.29, 1.82) is 0 Å². The standard InChI is InChI=1S/C16H16O3/c1-12-5-2-3-8-15(12)13-6-4-7-14(11-13)19-10-9-16(17)18/h2-8,11H,9-10H2,1H3,(H,17,18). The molecule has 3 nitrogen and oxygen atoms in total. The summed E-state index contributed by atoms with van der Waals surface area (Å²) in [6, 6.07) is 15.8. The quantitative estimate of drug-likeness (QED) is 0.890. The van der Waals surface area contributed by atoms with Crippen molar-refractivity contribution >= 4 is 5.97 Å². The molecule has 2 aromatic carbocycles. The van der Waals surface area contributed by atoms with E-state index in [1.54, 1.807) is 0 Å². The number of carboxylic acids is 1. The molecule has 19 heavy (non-hydrogen) atoms. The van der Waals surface area contributed by atoms with E-state index < -0.39 is 5.97 Å². The molecule has 2 aromatic rings. The van der Waals surface area contributed by atoms with E-state index in [4.69, 9.17) is 9.84 Å². The number of carboxylic acid groups (broad SMARTS) is 1. The van der Waals surface area contributed by atoms with Gasteiger partial charge in [0, 0.05) is 0 Å². The second-order valence-electron chi connectivity index (χ2n) is 4.33. The number of aliphatic carboxylic acids is 1. The zero-order chi connectivity index (χ0) is 13.7. The van der Waals surface area contributed by atoms with Crippen LogP contribution in [0, 0.1) is 6.92 Å². The molecule has 2 rings (SSSR count). The average molecular weight is 256 g/mol. The van der Waals surface area contributed by atoms with E-state index in [-0.39, 0.29) is 13.0 Å². The van der Waals surface area contributed by atoms with E-state index in [2.05, 4.69) is 19.1 Å². The fourth-order valence-corrected chi connectivity index (χ4v) is 1.91. The molecule has 1 N–H and O–H groups in total. The molecule has 0 aliphatic heterocycles. The largest absolute Gasteiger partial charge is 0.493 e. The maximum atomic E-state index is 10.4. The number of ether oxygens (including phenoxy) is 1. The minimum atomic E-state index is -0.852. The summed E-state index contributed by atoms with van der Waals surface area (Å²) in [4.78, 5) is 10.4. The Morgan fingerprint density at radius 3 is 2.68 bits per heavy atom. The summed E-state index contributed by atoms with van der Waals surface area (Å²) in [7, 11) is 0. The summed E-state index contributed by atoms with van der Waals surface area (Å²) in [6.45, 7) is 2.25. The van der Waals surface area contributed by atoms with E-state index in [9.17, 15) is 4.79 Å². The number of benzene rings is 2. The Bertz CT molecular complexity index is 576. The molecule has 0 bridgehead atoms. The molecule has 0 aliphatic carbocycles. The van der Waals surface area contributed by atoms with Gasteiger partial charge >= 0.3 is 5.97 Å². The summed E-state index contributed by atoms with van der Waals surface area (Å²) >= 11 is 0. The third-order valence-corrected chi connectivity index (χ3v) is 2.87. The van der Waals surface area contributed by atoms with Crippen molar-refractivity contribution < 1.29 is 14.6 Å². The van der Waals surface area contributed by atoms with Gasteiger partial charge in [-0.2, -0.15) is 0 Å². The van der Waals surface area contributed by atoms with Gasteiger partial charge in [0.2, 0.25) is 0 Å². The summed E-state index contributed by atoms with van der Waals surface area (Å²) < 4.78 is 5.44. The number of hydrogen-bond acceptors (Lipinski definition) is 2. The number of hydrogen-bond donors (Lipinski definition) is 1. The molecule has 0 atom stereocenters. The van der Waals surface area contributed by atoms with Gasteiger partial charge in [0.1, 0.15) is 5.75 Å². The zero-order valence-corrected chi connectivity index (χ0v) is 10.8. The van der Waals surface area contributed by atoms with Crippen LogP contribution in [0.4, 0.5) is 0 Å². The Hall–Kier alpha value is -2.29. The smallest absolute Gasteiger partial charge is 0.306 e. The topological polar surface area (TPSA) is 46.5 Å². The highest BCUT2D eigenvalue weighted by Crippen LogP contribution is 2.26. The van der Waals surface area contributed by atoms with Crippen molar-refractivity contribution in [2.45, 2.75) is 13.3 Å². The first-order valence-corrected chi connectivity index (χ1v) is 6.17. The predicted molar refractivity (Wildman–Crippen MR) is 74.4 cm³/mol. The van der Waals surface area contributed by atoms with Crippen LogP contribution in [0.25, 0.3) is 11.1 Å². The maximum Gasteiger partial charge on any atom is 0.306 e. The first kappa shape index (κ1) is 13.1. The minimum absolute atomic E-state index is 0.00852. The van der Waals surface area contributed by atoms with E-state index in [1.165, 1.54) is 5.56 Å². The second-order valence-corrected chi connectivity index (χ2v) is 4.33. The van der Waals surface area contributed by atoms with E-state index in [0.29, 0.717) is 5.75 Å². The van der Waals surface area contributed by atoms with Gasteiger partial charge in [-0.15, -0.1) is 0 Å². The lowest BCUT2D eigenvalue weighted by atomic mass is 10.0. The van der Waals surface area contributed by atoms with Gasteiger partial charge in [-0.3, -0.25) is 4.79 Å². The number of aryl methyl sites for hydroxylation is 1. The van der Waals surface area contributed by atoms with Crippen LogP contribution < -0.4 is 4.74 Å². The van der Waals surface area contributed by atoms with Crippen LogP contribution in [0.5, 0.6) is 5.75 Å². The molecule has 0 aliphatic rings. The van der Waals surface area contributed by atoms with Gasteiger partial charge < -0.3 is 9.84 Å². The van der Waals surface area contributed by atoms with Gasteiger partial charge in [0.05, 0.1) is 13.0 Å². The highest BCUT2D eigenvalue weighted by atomic mass is 16.5. The second kappa shape index (κ2) is 6.05. The highest BCUT2D eigenvalue weighted by molar-refractivity contribution is 5.68. The van der Waals surface area contributed by atoms with Crippen LogP contribution in [-0.2, 0) is 4.79 Å². The fraction of sp³-hybridized carbons (Fsp3) is 0.188. The number of carbonyl (C=O) groups is 1. The van der Waals surface area contributed by atoms with Crippen LogP contribution in [0.2, 0.25) is 0 Å². The molecule has 0 amide bonds. The minimum Gasteiger partial charge on any atom is -0.493 e. The molecule has 0 saturated carbocycles. The van der Waals surface area contributed by atoms with Crippen LogP contribution in [0.1, 0.15) is 12.0 Å². The normalized spacial score (nSPS) is 10.2. The molecule has 0 fully saturated rings. The lowest BCUT2D eigenvalue weighted by Gasteiger charge is -2.09. The average Bonchev–Trinajstić information content (AvgIpc) is 2.39. The third kappa shape index (κ3) is 3.58. The van der Waals surface area contributed by atoms with Crippen molar-refractivity contribution in [1.82, 2.24) is 0 Å². The first-order chi connectivity index (χ1) is 9.16. The van der Waals surface area contributed by atoms with Crippen molar-refractivity contribution in [3.05, 3.63) is 54.1 Å². The van der Waals surface area contributed by atoms with E-state index >= 15 is 0 Å². The number of rotatable bonds is 5. The van der Waals surface area contributed by atoms with Gasteiger partial charge in [-0.25, -0.2) is 0 Å². The predicted octanol–water partition coefficient (Wildman–Crippen LogP) is 3.52. The Morgan fingerprint density at radius 2 is 1.95 bits per heavy atom. The molecule has 0 radical (unpaired) electrons. The van der Waals surface area contributed by atoms with Crippen LogP contribution in [-0.4, -0.2) is 17.7 Å². The molecule has 0 unspecified atom stereocenters. The Morgan fingerprint density at radius 1 is 1.16 bits per heavy atom. The first-order valence-electron chi connectivity index (χ1n) is 6.17. The van der Waals surface area contributed by atoms with Gasteiger partial charge in [0.25, 0.3) is 0 Å². The highest BCUT2D eigenvalue weighted by Gasteiger charge is 2.03. The van der Waals surface area contributed by atoms with Crippen molar-refractivity contribution in [3.8, 4) is 16.9 Å². The maximum absolute atomic E-state index is 10.4. The third-order valence-electron chi connectivity index (χ3n) is 2.87. The van der Waals surface area contributed by atoms with Crippen molar-refractivity contribution in [2.75, 3.05) is 6.61 Å². The molecule has 0 saturated heterocycles. The lowest BCUT2D eigenvalue weighted by molar-refractivity contribution is -0.137.